The van der Waals surface area contributed by atoms with Gasteiger partial charge in [0, 0.05) is 12.2 Å². The van der Waals surface area contributed by atoms with E-state index in [1.807, 2.05) is 30.3 Å². The summed E-state index contributed by atoms with van der Waals surface area (Å²) in [5.41, 5.74) is 2.85. The lowest BCUT2D eigenvalue weighted by atomic mass is 9.73. The Hall–Kier alpha value is -2.94. The van der Waals surface area contributed by atoms with Crippen molar-refractivity contribution in [1.29, 1.82) is 0 Å². The van der Waals surface area contributed by atoms with Gasteiger partial charge in [-0.1, -0.05) is 30.3 Å². The highest BCUT2D eigenvalue weighted by Crippen LogP contribution is 2.44. The van der Waals surface area contributed by atoms with Gasteiger partial charge in [0.1, 0.15) is 5.82 Å². The van der Waals surface area contributed by atoms with Crippen LogP contribution in [-0.4, -0.2) is 41.1 Å². The standard InChI is InChI=1S/C19H19FN2O.C2HF3O2/c20-15-7-5-14(6-8-15)13-22-11-9-19(10-12-22)16-3-1-2-4-17(16)21-18(19)23;3-2(4,5)1(6)7/h1-8H,9-13H2,(H,21,23);(H,6,7). The fourth-order valence-electron chi connectivity index (χ4n) is 3.81. The minimum atomic E-state index is -5.08. The maximum atomic E-state index is 13.0. The Labute approximate surface area is 170 Å². The van der Waals surface area contributed by atoms with E-state index >= 15 is 0 Å². The number of likely N-dealkylation sites (tertiary alicyclic amines) is 1. The molecule has 0 atom stereocenters. The first kappa shape index (κ1) is 21.8. The van der Waals surface area contributed by atoms with E-state index in [0.717, 1.165) is 49.3 Å². The van der Waals surface area contributed by atoms with Crippen molar-refractivity contribution in [1.82, 2.24) is 4.90 Å². The second kappa shape index (κ2) is 8.43. The molecule has 0 aromatic heterocycles. The summed E-state index contributed by atoms with van der Waals surface area (Å²) >= 11 is 0. The number of nitrogens with one attached hydrogen (secondary N) is 1. The SMILES string of the molecule is O=C(O)C(F)(F)F.O=C1Nc2ccccc2C12CCN(Cc1ccc(F)cc1)CC2. The number of carboxylic acids is 1. The van der Waals surface area contributed by atoms with Crippen molar-refractivity contribution in [3.63, 3.8) is 0 Å². The van der Waals surface area contributed by atoms with Crippen molar-refractivity contribution in [3.05, 3.63) is 65.5 Å². The highest BCUT2D eigenvalue weighted by Gasteiger charge is 2.48. The molecular weight excluding hydrogens is 404 g/mol. The first-order valence-electron chi connectivity index (χ1n) is 9.30. The fraction of sp³-hybridized carbons (Fsp3) is 0.333. The molecule has 1 spiro atoms. The van der Waals surface area contributed by atoms with Gasteiger partial charge < -0.3 is 10.4 Å². The second-order valence-electron chi connectivity index (χ2n) is 7.29. The van der Waals surface area contributed by atoms with E-state index in [-0.39, 0.29) is 17.1 Å². The van der Waals surface area contributed by atoms with Crippen LogP contribution in [0.25, 0.3) is 0 Å². The number of alkyl halides is 3. The Balaban J connectivity index is 0.000000318. The number of para-hydroxylation sites is 1. The van der Waals surface area contributed by atoms with Crippen molar-refractivity contribution in [3.8, 4) is 0 Å². The van der Waals surface area contributed by atoms with Crippen LogP contribution in [0.3, 0.4) is 0 Å². The zero-order valence-corrected chi connectivity index (χ0v) is 15.9. The lowest BCUT2D eigenvalue weighted by Crippen LogP contribution is -2.46. The summed E-state index contributed by atoms with van der Waals surface area (Å²) in [6.07, 6.45) is -3.42. The fourth-order valence-corrected chi connectivity index (χ4v) is 3.81. The molecular formula is C21H20F4N2O3. The number of benzene rings is 2. The number of carbonyl (C=O) groups is 2. The number of aliphatic carboxylic acids is 1. The molecule has 5 nitrogen and oxygen atoms in total. The van der Waals surface area contributed by atoms with Gasteiger partial charge in [-0.2, -0.15) is 13.2 Å². The molecule has 1 fully saturated rings. The van der Waals surface area contributed by atoms with E-state index in [0.29, 0.717) is 0 Å². The van der Waals surface area contributed by atoms with Gasteiger partial charge in [-0.3, -0.25) is 9.69 Å². The van der Waals surface area contributed by atoms with Crippen molar-refractivity contribution >= 4 is 17.6 Å². The molecule has 0 bridgehead atoms. The maximum absolute atomic E-state index is 13.0. The van der Waals surface area contributed by atoms with E-state index in [9.17, 15) is 22.4 Å². The molecule has 2 heterocycles. The summed E-state index contributed by atoms with van der Waals surface area (Å²) in [4.78, 5) is 23.8. The lowest BCUT2D eigenvalue weighted by molar-refractivity contribution is -0.192. The third-order valence-corrected chi connectivity index (χ3v) is 5.40. The first-order valence-corrected chi connectivity index (χ1v) is 9.30. The number of nitrogens with zero attached hydrogens (tertiary/aromatic N) is 1. The summed E-state index contributed by atoms with van der Waals surface area (Å²) in [6, 6.07) is 14.7. The van der Waals surface area contributed by atoms with Crippen molar-refractivity contribution in [2.75, 3.05) is 18.4 Å². The van der Waals surface area contributed by atoms with Crippen LogP contribution in [0.2, 0.25) is 0 Å². The predicted octanol–water partition coefficient (Wildman–Crippen LogP) is 3.94. The summed E-state index contributed by atoms with van der Waals surface area (Å²) in [5.74, 6) is -2.82. The summed E-state index contributed by atoms with van der Waals surface area (Å²) < 4.78 is 44.7. The summed E-state index contributed by atoms with van der Waals surface area (Å²) in [7, 11) is 0. The topological polar surface area (TPSA) is 69.6 Å². The predicted molar refractivity (Wildman–Crippen MR) is 101 cm³/mol. The number of fused-ring (bicyclic) bond motifs is 2. The van der Waals surface area contributed by atoms with Gasteiger partial charge in [-0.15, -0.1) is 0 Å². The number of amides is 1. The summed E-state index contributed by atoms with van der Waals surface area (Å²) in [6.45, 7) is 2.55. The number of hydrogen-bond acceptors (Lipinski definition) is 3. The molecule has 0 saturated carbocycles. The van der Waals surface area contributed by atoms with E-state index in [1.165, 1.54) is 12.1 Å². The Morgan fingerprint density at radius 1 is 1.07 bits per heavy atom. The van der Waals surface area contributed by atoms with Crippen LogP contribution in [0, 0.1) is 5.82 Å². The van der Waals surface area contributed by atoms with E-state index in [2.05, 4.69) is 16.3 Å². The lowest BCUT2D eigenvalue weighted by Gasteiger charge is -2.38. The second-order valence-corrected chi connectivity index (χ2v) is 7.29. The van der Waals surface area contributed by atoms with Crippen LogP contribution in [0.5, 0.6) is 0 Å². The Morgan fingerprint density at radius 2 is 1.63 bits per heavy atom. The number of hydrogen-bond donors (Lipinski definition) is 2. The third-order valence-electron chi connectivity index (χ3n) is 5.40. The number of anilines is 1. The van der Waals surface area contributed by atoms with E-state index in [4.69, 9.17) is 9.90 Å². The maximum Gasteiger partial charge on any atom is 0.490 e. The molecule has 0 radical (unpaired) electrons. The van der Waals surface area contributed by atoms with Crippen LogP contribution in [0.4, 0.5) is 23.2 Å². The molecule has 1 saturated heterocycles. The zero-order chi connectivity index (χ0) is 21.9. The van der Waals surface area contributed by atoms with Crippen molar-refractivity contribution in [2.45, 2.75) is 31.0 Å². The van der Waals surface area contributed by atoms with E-state index in [1.54, 1.807) is 0 Å². The average molecular weight is 424 g/mol. The van der Waals surface area contributed by atoms with Crippen molar-refractivity contribution < 1.29 is 32.3 Å². The molecule has 0 unspecified atom stereocenters. The largest absolute Gasteiger partial charge is 0.490 e. The minimum Gasteiger partial charge on any atom is -0.475 e. The molecule has 2 aliphatic heterocycles. The Bertz CT molecular complexity index is 921. The van der Waals surface area contributed by atoms with E-state index < -0.39 is 12.1 Å². The van der Waals surface area contributed by atoms with Crippen LogP contribution < -0.4 is 5.32 Å². The molecule has 4 rings (SSSR count). The molecule has 30 heavy (non-hydrogen) atoms. The highest BCUT2D eigenvalue weighted by molar-refractivity contribution is 6.06. The van der Waals surface area contributed by atoms with Gasteiger partial charge >= 0.3 is 12.1 Å². The van der Waals surface area contributed by atoms with Crippen LogP contribution >= 0.6 is 0 Å². The molecule has 2 aromatic carbocycles. The van der Waals surface area contributed by atoms with Gasteiger partial charge in [0.05, 0.1) is 5.41 Å². The minimum absolute atomic E-state index is 0.139. The molecule has 2 aromatic rings. The van der Waals surface area contributed by atoms with Crippen LogP contribution in [0.1, 0.15) is 24.0 Å². The number of piperidine rings is 1. The van der Waals surface area contributed by atoms with Gasteiger partial charge in [0.15, 0.2) is 0 Å². The Morgan fingerprint density at radius 3 is 2.20 bits per heavy atom. The highest BCUT2D eigenvalue weighted by atomic mass is 19.4. The van der Waals surface area contributed by atoms with Gasteiger partial charge in [0.25, 0.3) is 0 Å². The molecule has 160 valence electrons. The van der Waals surface area contributed by atoms with Crippen LogP contribution in [-0.2, 0) is 21.5 Å². The summed E-state index contributed by atoms with van der Waals surface area (Å²) in [5, 5.41) is 10.2. The van der Waals surface area contributed by atoms with Crippen LogP contribution in [0.15, 0.2) is 48.5 Å². The molecule has 1 amide bonds. The monoisotopic (exact) mass is 424 g/mol. The first-order chi connectivity index (χ1) is 14.1. The smallest absolute Gasteiger partial charge is 0.475 e. The zero-order valence-electron chi connectivity index (χ0n) is 15.9. The average Bonchev–Trinajstić information content (AvgIpc) is 2.97. The van der Waals surface area contributed by atoms with Gasteiger partial charge in [-0.25, -0.2) is 9.18 Å². The quantitative estimate of drug-likeness (QED) is 0.717. The van der Waals surface area contributed by atoms with Gasteiger partial charge in [-0.05, 0) is 55.3 Å². The molecule has 2 aliphatic rings. The third kappa shape index (κ3) is 4.62. The molecule has 0 aliphatic carbocycles. The van der Waals surface area contributed by atoms with Gasteiger partial charge in [0.2, 0.25) is 5.91 Å². The number of rotatable bonds is 2. The van der Waals surface area contributed by atoms with Crippen molar-refractivity contribution in [2.24, 2.45) is 0 Å². The normalized spacial score (nSPS) is 17.7. The Kier molecular flexibility index (Phi) is 6.12. The number of carboxylic acid groups (broad SMARTS) is 1. The molecule has 2 N–H and O–H groups in total. The number of halogens is 4. The number of carbonyl (C=O) groups excluding carboxylic acids is 1. The molecule has 9 heteroatoms.